The van der Waals surface area contributed by atoms with Gasteiger partial charge in [-0.15, -0.1) is 11.8 Å². The van der Waals surface area contributed by atoms with Gasteiger partial charge in [-0.05, 0) is 24.0 Å². The number of rotatable bonds is 6. The maximum Gasteiger partial charge on any atom is 0.230 e. The number of carbonyl (C=O) groups excluding carboxylic acids is 1. The number of nitrogens with zero attached hydrogens (tertiary/aromatic N) is 1. The molecule has 1 atom stereocenters. The summed E-state index contributed by atoms with van der Waals surface area (Å²) in [7, 11) is 0. The van der Waals surface area contributed by atoms with Gasteiger partial charge in [0.15, 0.2) is 0 Å². The van der Waals surface area contributed by atoms with Crippen molar-refractivity contribution < 1.29 is 9.90 Å². The van der Waals surface area contributed by atoms with E-state index in [1.165, 1.54) is 11.8 Å². The molecular formula is C14H22N2O2S. The molecule has 0 fully saturated rings. The summed E-state index contributed by atoms with van der Waals surface area (Å²) in [6.07, 6.45) is 4.00. The molecule has 4 nitrogen and oxygen atoms in total. The number of aromatic nitrogens is 1. The number of aliphatic hydroxyl groups excluding tert-OH is 1. The third-order valence-corrected chi connectivity index (χ3v) is 3.83. The molecule has 0 saturated carbocycles. The largest absolute Gasteiger partial charge is 0.396 e. The van der Waals surface area contributed by atoms with E-state index in [0.717, 1.165) is 4.90 Å². The molecule has 2 N–H and O–H groups in total. The number of aliphatic hydroxyl groups is 1. The van der Waals surface area contributed by atoms with Crippen LogP contribution in [0.2, 0.25) is 0 Å². The van der Waals surface area contributed by atoms with Crippen LogP contribution in [0.25, 0.3) is 0 Å². The van der Waals surface area contributed by atoms with Gasteiger partial charge in [-0.3, -0.25) is 9.78 Å². The van der Waals surface area contributed by atoms with Gasteiger partial charge in [0, 0.05) is 29.9 Å². The molecule has 19 heavy (non-hydrogen) atoms. The molecule has 1 aromatic heterocycles. The average Bonchev–Trinajstić information content (AvgIpc) is 2.36. The monoisotopic (exact) mass is 282 g/mol. The molecule has 0 aliphatic rings. The standard InChI is InChI=1S/C14H22N2O2S/c1-14(2,3)12(6-9-17)16-13(18)10-19-11-4-7-15-8-5-11/h4-5,7-8,12,17H,6,9-10H2,1-3H3,(H,16,18). The maximum atomic E-state index is 11.9. The number of pyridine rings is 1. The average molecular weight is 282 g/mol. The van der Waals surface area contributed by atoms with Crippen LogP contribution in [0.4, 0.5) is 0 Å². The topological polar surface area (TPSA) is 62.2 Å². The summed E-state index contributed by atoms with van der Waals surface area (Å²) in [5.74, 6) is 0.373. The van der Waals surface area contributed by atoms with Gasteiger partial charge < -0.3 is 10.4 Å². The molecule has 0 aliphatic carbocycles. The van der Waals surface area contributed by atoms with Crippen molar-refractivity contribution in [1.82, 2.24) is 10.3 Å². The quantitative estimate of drug-likeness (QED) is 0.784. The van der Waals surface area contributed by atoms with Gasteiger partial charge in [-0.1, -0.05) is 20.8 Å². The lowest BCUT2D eigenvalue weighted by atomic mass is 9.85. The minimum absolute atomic E-state index is 0.00446. The Balaban J connectivity index is 2.45. The summed E-state index contributed by atoms with van der Waals surface area (Å²) in [5.41, 5.74) is -0.0558. The van der Waals surface area contributed by atoms with Gasteiger partial charge in [0.1, 0.15) is 0 Å². The second kappa shape index (κ2) is 7.50. The van der Waals surface area contributed by atoms with E-state index < -0.39 is 0 Å². The van der Waals surface area contributed by atoms with Crippen molar-refractivity contribution in [1.29, 1.82) is 0 Å². The van der Waals surface area contributed by atoms with Crippen LogP contribution >= 0.6 is 11.8 Å². The Kier molecular flexibility index (Phi) is 6.31. The van der Waals surface area contributed by atoms with Gasteiger partial charge in [0.2, 0.25) is 5.91 Å². The van der Waals surface area contributed by atoms with Crippen molar-refractivity contribution >= 4 is 17.7 Å². The van der Waals surface area contributed by atoms with E-state index in [-0.39, 0.29) is 24.0 Å². The zero-order valence-corrected chi connectivity index (χ0v) is 12.5. The zero-order chi connectivity index (χ0) is 14.3. The summed E-state index contributed by atoms with van der Waals surface area (Å²) < 4.78 is 0. The molecule has 0 aliphatic heterocycles. The number of nitrogens with one attached hydrogen (secondary N) is 1. The number of hydrogen-bond donors (Lipinski definition) is 2. The minimum Gasteiger partial charge on any atom is -0.396 e. The first-order valence-corrected chi connectivity index (χ1v) is 7.35. The van der Waals surface area contributed by atoms with Crippen LogP contribution in [0.5, 0.6) is 0 Å². The molecule has 1 aromatic rings. The van der Waals surface area contributed by atoms with Crippen molar-refractivity contribution in [3.63, 3.8) is 0 Å². The molecule has 5 heteroatoms. The van der Waals surface area contributed by atoms with Crippen molar-refractivity contribution in [3.05, 3.63) is 24.5 Å². The molecule has 0 bridgehead atoms. The summed E-state index contributed by atoms with van der Waals surface area (Å²) in [6.45, 7) is 6.26. The lowest BCUT2D eigenvalue weighted by molar-refractivity contribution is -0.120. The van der Waals surface area contributed by atoms with E-state index in [0.29, 0.717) is 12.2 Å². The van der Waals surface area contributed by atoms with E-state index in [4.69, 9.17) is 5.11 Å². The molecule has 1 amide bonds. The Morgan fingerprint density at radius 2 is 2.05 bits per heavy atom. The predicted molar refractivity (Wildman–Crippen MR) is 78.0 cm³/mol. The Bertz CT molecular complexity index is 390. The first-order chi connectivity index (χ1) is 8.93. The van der Waals surface area contributed by atoms with Gasteiger partial charge in [-0.2, -0.15) is 0 Å². The van der Waals surface area contributed by atoms with Crippen LogP contribution in [0.15, 0.2) is 29.4 Å². The number of hydrogen-bond acceptors (Lipinski definition) is 4. The van der Waals surface area contributed by atoms with E-state index in [2.05, 4.69) is 31.1 Å². The van der Waals surface area contributed by atoms with Gasteiger partial charge in [-0.25, -0.2) is 0 Å². The second-order valence-electron chi connectivity index (χ2n) is 5.47. The highest BCUT2D eigenvalue weighted by atomic mass is 32.2. The Morgan fingerprint density at radius 3 is 2.58 bits per heavy atom. The van der Waals surface area contributed by atoms with Crippen LogP contribution < -0.4 is 5.32 Å². The Labute approximate surface area is 119 Å². The zero-order valence-electron chi connectivity index (χ0n) is 11.7. The Hall–Kier alpha value is -1.07. The molecule has 1 heterocycles. The SMILES string of the molecule is CC(C)(C)C(CCO)NC(=O)CSc1ccncc1. The summed E-state index contributed by atoms with van der Waals surface area (Å²) in [6, 6.07) is 3.75. The molecule has 0 radical (unpaired) electrons. The molecule has 1 unspecified atom stereocenters. The van der Waals surface area contributed by atoms with Gasteiger partial charge in [0.25, 0.3) is 0 Å². The van der Waals surface area contributed by atoms with Crippen LogP contribution in [0.3, 0.4) is 0 Å². The fourth-order valence-corrected chi connectivity index (χ4v) is 2.37. The molecule has 0 aromatic carbocycles. The van der Waals surface area contributed by atoms with Crippen molar-refractivity contribution in [2.45, 2.75) is 38.1 Å². The van der Waals surface area contributed by atoms with Crippen molar-refractivity contribution in [2.24, 2.45) is 5.41 Å². The van der Waals surface area contributed by atoms with E-state index >= 15 is 0 Å². The fraction of sp³-hybridized carbons (Fsp3) is 0.571. The van der Waals surface area contributed by atoms with Crippen LogP contribution in [-0.2, 0) is 4.79 Å². The first-order valence-electron chi connectivity index (χ1n) is 6.36. The summed E-state index contributed by atoms with van der Waals surface area (Å²) >= 11 is 1.48. The fourth-order valence-electron chi connectivity index (χ4n) is 1.67. The smallest absolute Gasteiger partial charge is 0.230 e. The second-order valence-corrected chi connectivity index (χ2v) is 6.52. The van der Waals surface area contributed by atoms with Crippen LogP contribution in [-0.4, -0.2) is 34.4 Å². The Morgan fingerprint density at radius 1 is 1.42 bits per heavy atom. The van der Waals surface area contributed by atoms with Crippen LogP contribution in [0, 0.1) is 5.41 Å². The summed E-state index contributed by atoms with van der Waals surface area (Å²) in [5, 5.41) is 12.1. The van der Waals surface area contributed by atoms with Gasteiger partial charge in [0.05, 0.1) is 5.75 Å². The lowest BCUT2D eigenvalue weighted by Gasteiger charge is -2.31. The predicted octanol–water partition coefficient (Wildman–Crippen LogP) is 2.09. The van der Waals surface area contributed by atoms with Crippen molar-refractivity contribution in [3.8, 4) is 0 Å². The molecule has 106 valence electrons. The van der Waals surface area contributed by atoms with E-state index in [9.17, 15) is 4.79 Å². The molecular weight excluding hydrogens is 260 g/mol. The molecule has 1 rings (SSSR count). The normalized spacial score (nSPS) is 13.1. The highest BCUT2D eigenvalue weighted by Crippen LogP contribution is 2.22. The highest BCUT2D eigenvalue weighted by Gasteiger charge is 2.25. The van der Waals surface area contributed by atoms with Gasteiger partial charge >= 0.3 is 0 Å². The molecule has 0 saturated heterocycles. The first kappa shape index (κ1) is 16.0. The molecule has 0 spiro atoms. The van der Waals surface area contributed by atoms with E-state index in [1.807, 2.05) is 12.1 Å². The minimum atomic E-state index is -0.0558. The highest BCUT2D eigenvalue weighted by molar-refractivity contribution is 8.00. The van der Waals surface area contributed by atoms with Crippen molar-refractivity contribution in [2.75, 3.05) is 12.4 Å². The van der Waals surface area contributed by atoms with E-state index in [1.54, 1.807) is 12.4 Å². The number of carbonyl (C=O) groups is 1. The third-order valence-electron chi connectivity index (χ3n) is 2.82. The maximum absolute atomic E-state index is 11.9. The van der Waals surface area contributed by atoms with Crippen LogP contribution in [0.1, 0.15) is 27.2 Å². The third kappa shape index (κ3) is 6.07. The lowest BCUT2D eigenvalue weighted by Crippen LogP contribution is -2.45. The number of amides is 1. The number of thioether (sulfide) groups is 1. The summed E-state index contributed by atoms with van der Waals surface area (Å²) in [4.78, 5) is 16.9.